The van der Waals surface area contributed by atoms with Crippen LogP contribution in [-0.2, 0) is 4.74 Å². The van der Waals surface area contributed by atoms with Crippen molar-refractivity contribution in [2.75, 3.05) is 39.5 Å². The molecule has 2 aromatic carbocycles. The Morgan fingerprint density at radius 2 is 1.88 bits per heavy atom. The Labute approximate surface area is 155 Å². The van der Waals surface area contributed by atoms with Gasteiger partial charge in [-0.05, 0) is 43.7 Å². The van der Waals surface area contributed by atoms with Gasteiger partial charge in [0.2, 0.25) is 0 Å². The minimum atomic E-state index is 0.268. The van der Waals surface area contributed by atoms with Crippen LogP contribution in [0, 0.1) is 0 Å². The maximum atomic E-state index is 6.31. The molecule has 1 fully saturated rings. The fraction of sp³-hybridized carbons (Fsp3) is 0.429. The molecule has 1 heterocycles. The van der Waals surface area contributed by atoms with Crippen molar-refractivity contribution in [3.05, 3.63) is 64.7 Å². The van der Waals surface area contributed by atoms with Crippen LogP contribution in [0.2, 0.25) is 5.02 Å². The summed E-state index contributed by atoms with van der Waals surface area (Å²) in [6, 6.07) is 16.6. The van der Waals surface area contributed by atoms with Gasteiger partial charge in [0.25, 0.3) is 0 Å². The van der Waals surface area contributed by atoms with Crippen LogP contribution in [-0.4, -0.2) is 44.4 Å². The maximum absolute atomic E-state index is 6.31. The number of rotatable bonds is 7. The van der Waals surface area contributed by atoms with Gasteiger partial charge in [-0.2, -0.15) is 0 Å². The van der Waals surface area contributed by atoms with Crippen LogP contribution in [0.1, 0.15) is 30.4 Å². The van der Waals surface area contributed by atoms with E-state index in [9.17, 15) is 0 Å². The highest BCUT2D eigenvalue weighted by atomic mass is 35.5. The second-order valence-electron chi connectivity index (χ2n) is 6.32. The van der Waals surface area contributed by atoms with Crippen molar-refractivity contribution < 1.29 is 9.47 Å². The van der Waals surface area contributed by atoms with Gasteiger partial charge in [0.1, 0.15) is 5.75 Å². The second-order valence-corrected chi connectivity index (χ2v) is 6.76. The summed E-state index contributed by atoms with van der Waals surface area (Å²) in [5, 5.41) is 0.755. The smallest absolute Gasteiger partial charge is 0.123 e. The summed E-state index contributed by atoms with van der Waals surface area (Å²) < 4.78 is 11.4. The molecule has 0 unspecified atom stereocenters. The maximum Gasteiger partial charge on any atom is 0.123 e. The van der Waals surface area contributed by atoms with Gasteiger partial charge < -0.3 is 9.47 Å². The molecule has 0 bridgehead atoms. The largest absolute Gasteiger partial charge is 0.494 e. The number of hydrogen-bond acceptors (Lipinski definition) is 3. The van der Waals surface area contributed by atoms with Gasteiger partial charge >= 0.3 is 0 Å². The molecule has 1 aliphatic heterocycles. The lowest BCUT2D eigenvalue weighted by Gasteiger charge is -2.29. The third-order valence-electron chi connectivity index (χ3n) is 4.69. The van der Waals surface area contributed by atoms with Crippen molar-refractivity contribution in [2.45, 2.75) is 19.3 Å². The third-order valence-corrected chi connectivity index (χ3v) is 4.92. The molecule has 1 atom stereocenters. The molecular weight excluding hydrogens is 334 g/mol. The molecule has 0 saturated carbocycles. The quantitative estimate of drug-likeness (QED) is 0.721. The van der Waals surface area contributed by atoms with Gasteiger partial charge in [-0.3, -0.25) is 4.90 Å². The van der Waals surface area contributed by atoms with E-state index in [1.165, 1.54) is 11.1 Å². The number of halogens is 1. The van der Waals surface area contributed by atoms with Crippen molar-refractivity contribution in [2.24, 2.45) is 0 Å². The summed E-state index contributed by atoms with van der Waals surface area (Å²) in [5.74, 6) is 1.20. The molecule has 0 spiro atoms. The highest BCUT2D eigenvalue weighted by Crippen LogP contribution is 2.36. The predicted molar refractivity (Wildman–Crippen MR) is 103 cm³/mol. The minimum absolute atomic E-state index is 0.268. The lowest BCUT2D eigenvalue weighted by molar-refractivity contribution is 0.0369. The molecule has 0 aromatic heterocycles. The predicted octanol–water partition coefficient (Wildman–Crippen LogP) is 4.59. The fourth-order valence-electron chi connectivity index (χ4n) is 3.40. The van der Waals surface area contributed by atoms with Gasteiger partial charge in [0.05, 0.1) is 19.8 Å². The van der Waals surface area contributed by atoms with E-state index in [2.05, 4.69) is 41.3 Å². The van der Waals surface area contributed by atoms with E-state index >= 15 is 0 Å². The highest BCUT2D eigenvalue weighted by Gasteiger charge is 2.21. The standard InChI is InChI=1S/C21H26ClNO2/c1-2-25-21-9-8-18(22)16-20(21)19(17-6-4-3-5-7-17)10-11-23-12-14-24-15-13-23/h3-9,16,19H,2,10-15H2,1H3/t19-/m0/s1. The minimum Gasteiger partial charge on any atom is -0.494 e. The second kappa shape index (κ2) is 9.23. The van der Waals surface area contributed by atoms with Crippen LogP contribution in [0.25, 0.3) is 0 Å². The summed E-state index contributed by atoms with van der Waals surface area (Å²) in [7, 11) is 0. The molecule has 3 nitrogen and oxygen atoms in total. The topological polar surface area (TPSA) is 21.7 Å². The number of benzene rings is 2. The summed E-state index contributed by atoms with van der Waals surface area (Å²) in [6.45, 7) is 7.39. The summed E-state index contributed by atoms with van der Waals surface area (Å²) in [4.78, 5) is 2.48. The molecule has 134 valence electrons. The molecule has 3 rings (SSSR count). The first kappa shape index (κ1) is 18.2. The fourth-order valence-corrected chi connectivity index (χ4v) is 3.58. The molecule has 0 amide bonds. The number of hydrogen-bond donors (Lipinski definition) is 0. The number of ether oxygens (including phenoxy) is 2. The average Bonchev–Trinajstić information content (AvgIpc) is 2.66. The van der Waals surface area contributed by atoms with Gasteiger partial charge in [-0.25, -0.2) is 0 Å². The molecule has 4 heteroatoms. The number of nitrogens with zero attached hydrogens (tertiary/aromatic N) is 1. The van der Waals surface area contributed by atoms with Crippen molar-refractivity contribution in [1.29, 1.82) is 0 Å². The third kappa shape index (κ3) is 4.97. The van der Waals surface area contributed by atoms with Crippen LogP contribution < -0.4 is 4.74 Å². The molecule has 0 radical (unpaired) electrons. The Kier molecular flexibility index (Phi) is 6.74. The van der Waals surface area contributed by atoms with E-state index in [0.29, 0.717) is 6.61 Å². The molecule has 1 aliphatic rings. The molecular formula is C21H26ClNO2. The van der Waals surface area contributed by atoms with Crippen molar-refractivity contribution in [3.8, 4) is 5.75 Å². The average molecular weight is 360 g/mol. The highest BCUT2D eigenvalue weighted by molar-refractivity contribution is 6.30. The summed E-state index contributed by atoms with van der Waals surface area (Å²) >= 11 is 6.31. The van der Waals surface area contributed by atoms with Crippen molar-refractivity contribution in [3.63, 3.8) is 0 Å². The van der Waals surface area contributed by atoms with Gasteiger partial charge in [0, 0.05) is 29.6 Å². The normalized spacial score (nSPS) is 16.6. The lowest BCUT2D eigenvalue weighted by atomic mass is 9.87. The van der Waals surface area contributed by atoms with Crippen LogP contribution >= 0.6 is 11.6 Å². The van der Waals surface area contributed by atoms with Crippen LogP contribution in [0.3, 0.4) is 0 Å². The van der Waals surface area contributed by atoms with E-state index in [1.54, 1.807) is 0 Å². The zero-order valence-corrected chi connectivity index (χ0v) is 15.5. The Morgan fingerprint density at radius 3 is 2.60 bits per heavy atom. The van der Waals surface area contributed by atoms with Crippen LogP contribution in [0.4, 0.5) is 0 Å². The molecule has 1 saturated heterocycles. The SMILES string of the molecule is CCOc1ccc(Cl)cc1[C@@H](CCN1CCOCC1)c1ccccc1. The van der Waals surface area contributed by atoms with E-state index < -0.39 is 0 Å². The first-order valence-electron chi connectivity index (χ1n) is 9.05. The van der Waals surface area contributed by atoms with Crippen molar-refractivity contribution >= 4 is 11.6 Å². The zero-order chi connectivity index (χ0) is 17.5. The van der Waals surface area contributed by atoms with Crippen molar-refractivity contribution in [1.82, 2.24) is 4.90 Å². The number of morpholine rings is 1. The summed E-state index contributed by atoms with van der Waals surface area (Å²) in [6.07, 6.45) is 1.03. The van der Waals surface area contributed by atoms with Gasteiger partial charge in [-0.15, -0.1) is 0 Å². The van der Waals surface area contributed by atoms with E-state index in [-0.39, 0.29) is 5.92 Å². The first-order chi connectivity index (χ1) is 12.3. The molecule has 2 aromatic rings. The first-order valence-corrected chi connectivity index (χ1v) is 9.43. The Hall–Kier alpha value is -1.55. The Bertz CT molecular complexity index is 656. The molecule has 25 heavy (non-hydrogen) atoms. The van der Waals surface area contributed by atoms with E-state index in [0.717, 1.165) is 50.0 Å². The van der Waals surface area contributed by atoms with E-state index in [1.807, 2.05) is 19.1 Å². The molecule has 0 aliphatic carbocycles. The van der Waals surface area contributed by atoms with E-state index in [4.69, 9.17) is 21.1 Å². The summed E-state index contributed by atoms with van der Waals surface area (Å²) in [5.41, 5.74) is 2.48. The van der Waals surface area contributed by atoms with Crippen LogP contribution in [0.5, 0.6) is 5.75 Å². The monoisotopic (exact) mass is 359 g/mol. The zero-order valence-electron chi connectivity index (χ0n) is 14.8. The van der Waals surface area contributed by atoms with Gasteiger partial charge in [-0.1, -0.05) is 41.9 Å². The Balaban J connectivity index is 1.87. The molecule has 0 N–H and O–H groups in total. The van der Waals surface area contributed by atoms with Crippen LogP contribution in [0.15, 0.2) is 48.5 Å². The lowest BCUT2D eigenvalue weighted by Crippen LogP contribution is -2.37. The van der Waals surface area contributed by atoms with Gasteiger partial charge in [0.15, 0.2) is 0 Å². The Morgan fingerprint density at radius 1 is 1.12 bits per heavy atom.